The number of alkyl halides is 1. The molecule has 0 aliphatic heterocycles. The molecule has 0 fully saturated rings. The molecule has 1 aromatic rings. The normalized spacial score (nSPS) is 11.8. The van der Waals surface area contributed by atoms with Crippen molar-refractivity contribution in [2.24, 2.45) is 4.99 Å². The van der Waals surface area contributed by atoms with Gasteiger partial charge in [-0.1, -0.05) is 19.1 Å². The van der Waals surface area contributed by atoms with E-state index in [4.69, 9.17) is 11.6 Å². The second-order valence-electron chi connectivity index (χ2n) is 2.85. The number of halogens is 1. The summed E-state index contributed by atoms with van der Waals surface area (Å²) in [5, 5.41) is 0. The number of aliphatic imine (C=N–C) groups is 1. The van der Waals surface area contributed by atoms with E-state index in [9.17, 15) is 4.79 Å². The molecule has 0 radical (unpaired) electrons. The van der Waals surface area contributed by atoms with Crippen molar-refractivity contribution in [3.63, 3.8) is 0 Å². The molecule has 68 valence electrons. The van der Waals surface area contributed by atoms with Gasteiger partial charge in [-0.3, -0.25) is 0 Å². The fraction of sp³-hybridized carbons (Fsp3) is 0.300. The lowest BCUT2D eigenvalue weighted by atomic mass is 10.0. The molecule has 0 heterocycles. The Balaban J connectivity index is 2.86. The van der Waals surface area contributed by atoms with E-state index in [0.717, 1.165) is 5.56 Å². The Hall–Kier alpha value is -1.11. The third-order valence-electron chi connectivity index (χ3n) is 1.87. The second kappa shape index (κ2) is 4.80. The lowest BCUT2D eigenvalue weighted by Gasteiger charge is -2.06. The highest BCUT2D eigenvalue weighted by molar-refractivity contribution is 6.18. The highest BCUT2D eigenvalue weighted by Crippen LogP contribution is 2.19. The molecule has 1 unspecified atom stereocenters. The molecule has 1 rings (SSSR count). The summed E-state index contributed by atoms with van der Waals surface area (Å²) in [4.78, 5) is 13.4. The Morgan fingerprint density at radius 2 is 2.08 bits per heavy atom. The molecule has 0 aliphatic carbocycles. The zero-order chi connectivity index (χ0) is 9.68. The van der Waals surface area contributed by atoms with Gasteiger partial charge >= 0.3 is 0 Å². The summed E-state index contributed by atoms with van der Waals surface area (Å²) in [5.41, 5.74) is 1.78. The molecule has 0 aliphatic rings. The summed E-state index contributed by atoms with van der Waals surface area (Å²) in [6.07, 6.45) is 1.50. The standard InChI is InChI=1S/C10H10ClNO/c1-8(6-11)9-2-4-10(5-3-9)12-7-13/h2-5,8H,6H2,1H3. The van der Waals surface area contributed by atoms with E-state index in [1.165, 1.54) is 6.08 Å². The van der Waals surface area contributed by atoms with Gasteiger partial charge in [0.15, 0.2) is 0 Å². The van der Waals surface area contributed by atoms with Crippen LogP contribution in [-0.2, 0) is 4.79 Å². The van der Waals surface area contributed by atoms with Gasteiger partial charge in [-0.2, -0.15) is 4.99 Å². The third-order valence-corrected chi connectivity index (χ3v) is 2.33. The topological polar surface area (TPSA) is 29.4 Å². The van der Waals surface area contributed by atoms with Crippen LogP contribution in [0.3, 0.4) is 0 Å². The first-order chi connectivity index (χ1) is 6.27. The number of rotatable bonds is 3. The molecular weight excluding hydrogens is 186 g/mol. The average Bonchev–Trinajstić information content (AvgIpc) is 2.18. The maximum absolute atomic E-state index is 9.94. The highest BCUT2D eigenvalue weighted by Gasteiger charge is 2.02. The van der Waals surface area contributed by atoms with E-state index < -0.39 is 0 Å². The van der Waals surface area contributed by atoms with Crippen LogP contribution in [0.25, 0.3) is 0 Å². The van der Waals surface area contributed by atoms with E-state index in [1.807, 2.05) is 19.1 Å². The summed E-state index contributed by atoms with van der Waals surface area (Å²) >= 11 is 5.70. The molecule has 0 spiro atoms. The first-order valence-electron chi connectivity index (χ1n) is 4.01. The monoisotopic (exact) mass is 195 g/mol. The predicted molar refractivity (Wildman–Crippen MR) is 53.4 cm³/mol. The van der Waals surface area contributed by atoms with E-state index in [-0.39, 0.29) is 0 Å². The Morgan fingerprint density at radius 3 is 2.54 bits per heavy atom. The van der Waals surface area contributed by atoms with Gasteiger partial charge in [-0.25, -0.2) is 4.79 Å². The largest absolute Gasteiger partial charge is 0.240 e. The number of hydrogen-bond acceptors (Lipinski definition) is 2. The van der Waals surface area contributed by atoms with Crippen LogP contribution in [0.1, 0.15) is 18.4 Å². The molecule has 2 nitrogen and oxygen atoms in total. The maximum atomic E-state index is 9.94. The summed E-state index contributed by atoms with van der Waals surface area (Å²) in [7, 11) is 0. The van der Waals surface area contributed by atoms with Crippen LogP contribution in [0, 0.1) is 0 Å². The van der Waals surface area contributed by atoms with Crippen molar-refractivity contribution in [2.75, 3.05) is 5.88 Å². The smallest absolute Gasteiger partial charge is 0.211 e. The number of isocyanates is 1. The van der Waals surface area contributed by atoms with Gasteiger partial charge in [0.05, 0.1) is 5.69 Å². The summed E-state index contributed by atoms with van der Waals surface area (Å²) in [6, 6.07) is 7.40. The highest BCUT2D eigenvalue weighted by atomic mass is 35.5. The van der Waals surface area contributed by atoms with Crippen molar-refractivity contribution < 1.29 is 4.79 Å². The molecule has 0 N–H and O–H groups in total. The van der Waals surface area contributed by atoms with Crippen LogP contribution in [0.5, 0.6) is 0 Å². The first-order valence-corrected chi connectivity index (χ1v) is 4.55. The van der Waals surface area contributed by atoms with Crippen molar-refractivity contribution in [3.8, 4) is 0 Å². The Bertz CT molecular complexity index is 314. The Kier molecular flexibility index (Phi) is 3.69. The molecule has 0 bridgehead atoms. The van der Waals surface area contributed by atoms with Gasteiger partial charge < -0.3 is 0 Å². The summed E-state index contributed by atoms with van der Waals surface area (Å²) < 4.78 is 0. The van der Waals surface area contributed by atoms with Crippen molar-refractivity contribution >= 4 is 23.4 Å². The summed E-state index contributed by atoms with van der Waals surface area (Å²) in [6.45, 7) is 2.05. The number of nitrogens with zero attached hydrogens (tertiary/aromatic N) is 1. The van der Waals surface area contributed by atoms with Crippen LogP contribution in [-0.4, -0.2) is 12.0 Å². The summed E-state index contributed by atoms with van der Waals surface area (Å²) in [5.74, 6) is 0.923. The van der Waals surface area contributed by atoms with Crippen molar-refractivity contribution in [3.05, 3.63) is 29.8 Å². The molecule has 13 heavy (non-hydrogen) atoms. The van der Waals surface area contributed by atoms with Gasteiger partial charge in [0.25, 0.3) is 0 Å². The lowest BCUT2D eigenvalue weighted by molar-refractivity contribution is 0.565. The van der Waals surface area contributed by atoms with E-state index in [1.54, 1.807) is 12.1 Å². The maximum Gasteiger partial charge on any atom is 0.240 e. The molecule has 0 saturated heterocycles. The zero-order valence-electron chi connectivity index (χ0n) is 7.33. The van der Waals surface area contributed by atoms with Crippen LogP contribution in [0.4, 0.5) is 5.69 Å². The predicted octanol–water partition coefficient (Wildman–Crippen LogP) is 3.00. The van der Waals surface area contributed by atoms with Crippen molar-refractivity contribution in [1.82, 2.24) is 0 Å². The van der Waals surface area contributed by atoms with Gasteiger partial charge in [0.2, 0.25) is 6.08 Å². The fourth-order valence-electron chi connectivity index (χ4n) is 1.02. The minimum atomic E-state index is 0.330. The molecule has 1 atom stereocenters. The van der Waals surface area contributed by atoms with Crippen LogP contribution in [0.15, 0.2) is 29.3 Å². The van der Waals surface area contributed by atoms with Gasteiger partial charge in [0.1, 0.15) is 0 Å². The third kappa shape index (κ3) is 2.69. The number of carbonyl (C=O) groups excluding carboxylic acids is 1. The van der Waals surface area contributed by atoms with E-state index in [0.29, 0.717) is 17.5 Å². The van der Waals surface area contributed by atoms with Crippen LogP contribution >= 0.6 is 11.6 Å². The first kappa shape index (κ1) is 9.97. The fourth-order valence-corrected chi connectivity index (χ4v) is 1.20. The van der Waals surface area contributed by atoms with Gasteiger partial charge in [0, 0.05) is 5.88 Å². The van der Waals surface area contributed by atoms with Crippen LogP contribution in [0.2, 0.25) is 0 Å². The lowest BCUT2D eigenvalue weighted by Crippen LogP contribution is -1.93. The second-order valence-corrected chi connectivity index (χ2v) is 3.16. The molecule has 0 aromatic heterocycles. The average molecular weight is 196 g/mol. The minimum absolute atomic E-state index is 0.330. The van der Waals surface area contributed by atoms with E-state index in [2.05, 4.69) is 4.99 Å². The zero-order valence-corrected chi connectivity index (χ0v) is 8.08. The number of benzene rings is 1. The number of hydrogen-bond donors (Lipinski definition) is 0. The quantitative estimate of drug-likeness (QED) is 0.414. The molecular formula is C10H10ClNO. The van der Waals surface area contributed by atoms with Gasteiger partial charge in [-0.15, -0.1) is 11.6 Å². The molecule has 0 saturated carbocycles. The minimum Gasteiger partial charge on any atom is -0.211 e. The Labute approximate surface area is 82.3 Å². The van der Waals surface area contributed by atoms with Crippen molar-refractivity contribution in [1.29, 1.82) is 0 Å². The molecule has 0 amide bonds. The Morgan fingerprint density at radius 1 is 1.46 bits per heavy atom. The van der Waals surface area contributed by atoms with Crippen molar-refractivity contribution in [2.45, 2.75) is 12.8 Å². The SMILES string of the molecule is CC(CCl)c1ccc(N=C=O)cc1. The van der Waals surface area contributed by atoms with Crippen LogP contribution < -0.4 is 0 Å². The molecule has 3 heteroatoms. The molecule has 1 aromatic carbocycles. The van der Waals surface area contributed by atoms with E-state index >= 15 is 0 Å². The van der Waals surface area contributed by atoms with Gasteiger partial charge in [-0.05, 0) is 23.6 Å².